The number of carbonyl (C=O) groups is 1. The zero-order valence-electron chi connectivity index (χ0n) is 10.3. The van der Waals surface area contributed by atoms with Crippen LogP contribution in [0.1, 0.15) is 42.1 Å². The van der Waals surface area contributed by atoms with Crippen molar-refractivity contribution in [2.45, 2.75) is 42.9 Å². The van der Waals surface area contributed by atoms with Crippen LogP contribution in [0.4, 0.5) is 0 Å². The molecule has 0 aliphatic heterocycles. The van der Waals surface area contributed by atoms with Crippen molar-refractivity contribution in [3.8, 4) is 0 Å². The van der Waals surface area contributed by atoms with Crippen molar-refractivity contribution >= 4 is 27.3 Å². The summed E-state index contributed by atoms with van der Waals surface area (Å²) in [5, 5.41) is 9.58. The van der Waals surface area contributed by atoms with E-state index < -0.39 is 10.0 Å². The molecular formula is C11H16N2O3S2. The van der Waals surface area contributed by atoms with Crippen molar-refractivity contribution in [2.75, 3.05) is 0 Å². The number of primary sulfonamides is 1. The second-order valence-corrected chi connectivity index (χ2v) is 7.61. The molecule has 0 bridgehead atoms. The van der Waals surface area contributed by atoms with Crippen LogP contribution >= 0.6 is 11.3 Å². The van der Waals surface area contributed by atoms with Gasteiger partial charge in [0.1, 0.15) is 4.21 Å². The Balaban J connectivity index is 2.24. The molecule has 1 fully saturated rings. The van der Waals surface area contributed by atoms with Crippen molar-refractivity contribution in [3.05, 3.63) is 16.5 Å². The molecule has 0 saturated heterocycles. The van der Waals surface area contributed by atoms with Gasteiger partial charge < -0.3 is 5.32 Å². The van der Waals surface area contributed by atoms with Crippen molar-refractivity contribution in [1.82, 2.24) is 5.32 Å². The standard InChI is InChI=1S/C11H16N2O3S2/c1-7-8(6-17-10(7)18(12,15)16)9(14)13-11(2)4-3-5-11/h6H,3-5H2,1-2H3,(H,13,14)(H2,12,15,16). The molecule has 0 aromatic carbocycles. The van der Waals surface area contributed by atoms with E-state index in [1.807, 2.05) is 6.92 Å². The maximum Gasteiger partial charge on any atom is 0.252 e. The molecule has 2 rings (SSSR count). The van der Waals surface area contributed by atoms with E-state index >= 15 is 0 Å². The Morgan fingerprint density at radius 2 is 2.11 bits per heavy atom. The average Bonchev–Trinajstić information content (AvgIpc) is 2.57. The molecule has 1 aliphatic carbocycles. The Morgan fingerprint density at radius 3 is 2.50 bits per heavy atom. The van der Waals surface area contributed by atoms with Gasteiger partial charge in [0.05, 0.1) is 5.56 Å². The molecule has 3 N–H and O–H groups in total. The number of sulfonamides is 1. The summed E-state index contributed by atoms with van der Waals surface area (Å²) in [6.45, 7) is 3.60. The molecule has 0 atom stereocenters. The smallest absolute Gasteiger partial charge is 0.252 e. The van der Waals surface area contributed by atoms with Gasteiger partial charge in [0.2, 0.25) is 10.0 Å². The number of rotatable bonds is 3. The lowest BCUT2D eigenvalue weighted by Crippen LogP contribution is -2.50. The minimum absolute atomic E-state index is 0.0615. The van der Waals surface area contributed by atoms with E-state index in [0.29, 0.717) is 11.1 Å². The van der Waals surface area contributed by atoms with Crippen molar-refractivity contribution in [2.24, 2.45) is 5.14 Å². The van der Waals surface area contributed by atoms with Gasteiger partial charge in [0.25, 0.3) is 5.91 Å². The van der Waals surface area contributed by atoms with Crippen LogP contribution in [-0.4, -0.2) is 19.9 Å². The molecule has 7 heteroatoms. The number of nitrogens with one attached hydrogen (secondary N) is 1. The number of hydrogen-bond acceptors (Lipinski definition) is 4. The molecule has 1 amide bonds. The molecule has 1 saturated carbocycles. The highest BCUT2D eigenvalue weighted by molar-refractivity contribution is 7.91. The van der Waals surface area contributed by atoms with Crippen LogP contribution in [0.2, 0.25) is 0 Å². The highest BCUT2D eigenvalue weighted by Gasteiger charge is 2.34. The summed E-state index contributed by atoms with van der Waals surface area (Å²) in [5.74, 6) is -0.221. The number of nitrogens with two attached hydrogens (primary N) is 1. The van der Waals surface area contributed by atoms with E-state index in [0.717, 1.165) is 30.6 Å². The van der Waals surface area contributed by atoms with Crippen LogP contribution in [-0.2, 0) is 10.0 Å². The topological polar surface area (TPSA) is 89.3 Å². The van der Waals surface area contributed by atoms with E-state index in [2.05, 4.69) is 5.32 Å². The Kier molecular flexibility index (Phi) is 3.25. The Bertz CT molecular complexity index is 585. The normalized spacial score (nSPS) is 18.2. The summed E-state index contributed by atoms with van der Waals surface area (Å²) in [7, 11) is -3.74. The Hall–Kier alpha value is -0.920. The first kappa shape index (κ1) is 13.5. The van der Waals surface area contributed by atoms with Gasteiger partial charge in [-0.1, -0.05) is 0 Å². The van der Waals surface area contributed by atoms with Crippen molar-refractivity contribution in [3.63, 3.8) is 0 Å². The van der Waals surface area contributed by atoms with Gasteiger partial charge in [-0.2, -0.15) is 0 Å². The molecule has 1 heterocycles. The number of amides is 1. The minimum Gasteiger partial charge on any atom is -0.347 e. The number of thiophene rings is 1. The summed E-state index contributed by atoms with van der Waals surface area (Å²) in [6, 6.07) is 0. The Morgan fingerprint density at radius 1 is 1.50 bits per heavy atom. The summed E-state index contributed by atoms with van der Waals surface area (Å²) in [5.41, 5.74) is 0.688. The fourth-order valence-corrected chi connectivity index (χ4v) is 4.09. The highest BCUT2D eigenvalue weighted by atomic mass is 32.2. The first-order valence-corrected chi connectivity index (χ1v) is 8.09. The van der Waals surface area contributed by atoms with Crippen molar-refractivity contribution in [1.29, 1.82) is 0 Å². The fourth-order valence-electron chi connectivity index (χ4n) is 2.08. The zero-order valence-corrected chi connectivity index (χ0v) is 12.0. The van der Waals surface area contributed by atoms with Gasteiger partial charge in [-0.05, 0) is 38.7 Å². The van der Waals surface area contributed by atoms with Crippen LogP contribution in [0.15, 0.2) is 9.59 Å². The molecule has 0 spiro atoms. The molecule has 1 aromatic rings. The van der Waals surface area contributed by atoms with E-state index in [1.165, 1.54) is 0 Å². The summed E-state index contributed by atoms with van der Waals surface area (Å²) in [4.78, 5) is 12.1. The largest absolute Gasteiger partial charge is 0.347 e. The minimum atomic E-state index is -3.74. The molecule has 0 radical (unpaired) electrons. The summed E-state index contributed by atoms with van der Waals surface area (Å²) >= 11 is 0.989. The monoisotopic (exact) mass is 288 g/mol. The van der Waals surface area contributed by atoms with E-state index in [9.17, 15) is 13.2 Å². The van der Waals surface area contributed by atoms with Gasteiger partial charge in [-0.3, -0.25) is 4.79 Å². The van der Waals surface area contributed by atoms with Crippen LogP contribution in [0.5, 0.6) is 0 Å². The number of carbonyl (C=O) groups excluding carboxylic acids is 1. The first-order chi connectivity index (χ1) is 8.23. The van der Waals surface area contributed by atoms with Crippen molar-refractivity contribution < 1.29 is 13.2 Å². The lowest BCUT2D eigenvalue weighted by Gasteiger charge is -2.39. The maximum absolute atomic E-state index is 12.1. The van der Waals surface area contributed by atoms with Crippen LogP contribution < -0.4 is 10.5 Å². The second kappa shape index (κ2) is 4.32. The van der Waals surface area contributed by atoms with Gasteiger partial charge in [0, 0.05) is 10.9 Å². The van der Waals surface area contributed by atoms with E-state index in [-0.39, 0.29) is 15.7 Å². The van der Waals surface area contributed by atoms with Gasteiger partial charge in [-0.25, -0.2) is 13.6 Å². The SMILES string of the molecule is Cc1c(C(=O)NC2(C)CCC2)csc1S(N)(=O)=O. The molecule has 0 unspecified atom stereocenters. The van der Waals surface area contributed by atoms with Gasteiger partial charge in [-0.15, -0.1) is 11.3 Å². The number of hydrogen-bond donors (Lipinski definition) is 2. The Labute approximate surface area is 110 Å². The van der Waals surface area contributed by atoms with E-state index in [4.69, 9.17) is 5.14 Å². The molecule has 100 valence electrons. The third-order valence-electron chi connectivity index (χ3n) is 3.37. The maximum atomic E-state index is 12.1. The lowest BCUT2D eigenvalue weighted by atomic mass is 9.78. The molecule has 18 heavy (non-hydrogen) atoms. The van der Waals surface area contributed by atoms with Crippen LogP contribution in [0.3, 0.4) is 0 Å². The second-order valence-electron chi connectivity index (χ2n) is 4.98. The third kappa shape index (κ3) is 2.43. The molecule has 1 aromatic heterocycles. The first-order valence-electron chi connectivity index (χ1n) is 5.66. The van der Waals surface area contributed by atoms with Gasteiger partial charge in [0.15, 0.2) is 0 Å². The third-order valence-corrected chi connectivity index (χ3v) is 6.05. The summed E-state index contributed by atoms with van der Waals surface area (Å²) < 4.78 is 22.7. The average molecular weight is 288 g/mol. The van der Waals surface area contributed by atoms with E-state index in [1.54, 1.807) is 12.3 Å². The van der Waals surface area contributed by atoms with Gasteiger partial charge >= 0.3 is 0 Å². The molecular weight excluding hydrogens is 272 g/mol. The fraction of sp³-hybridized carbons (Fsp3) is 0.545. The molecule has 5 nitrogen and oxygen atoms in total. The summed E-state index contributed by atoms with van der Waals surface area (Å²) in [6.07, 6.45) is 3.04. The zero-order chi connectivity index (χ0) is 13.6. The molecule has 1 aliphatic rings. The predicted octanol–water partition coefficient (Wildman–Crippen LogP) is 1.38. The predicted molar refractivity (Wildman–Crippen MR) is 70.2 cm³/mol. The quantitative estimate of drug-likeness (QED) is 0.880. The highest BCUT2D eigenvalue weighted by Crippen LogP contribution is 2.32. The lowest BCUT2D eigenvalue weighted by molar-refractivity contribution is 0.0850. The van der Waals surface area contributed by atoms with Crippen LogP contribution in [0.25, 0.3) is 0 Å². The van der Waals surface area contributed by atoms with Crippen LogP contribution in [0, 0.1) is 6.92 Å².